The Morgan fingerprint density at radius 1 is 1.38 bits per heavy atom. The molecule has 6 heteroatoms. The molecule has 0 aliphatic heterocycles. The zero-order chi connectivity index (χ0) is 17.7. The third-order valence-electron chi connectivity index (χ3n) is 3.47. The molecule has 0 aliphatic rings. The summed E-state index contributed by atoms with van der Waals surface area (Å²) in [6.07, 6.45) is 1.66. The number of amides is 1. The van der Waals surface area contributed by atoms with Gasteiger partial charge in [-0.15, -0.1) is 6.58 Å². The SMILES string of the molecule is C=CCn1c(S[C@H](C)C(=O)NCC(C)C)nc2ccccc2c1=O. The van der Waals surface area contributed by atoms with Crippen molar-refractivity contribution in [3.05, 3.63) is 47.3 Å². The molecule has 0 bridgehead atoms. The van der Waals surface area contributed by atoms with Crippen LogP contribution < -0.4 is 10.9 Å². The summed E-state index contributed by atoms with van der Waals surface area (Å²) in [6.45, 7) is 10.6. The number of aromatic nitrogens is 2. The van der Waals surface area contributed by atoms with Crippen LogP contribution in [0.15, 0.2) is 46.9 Å². The van der Waals surface area contributed by atoms with Crippen LogP contribution >= 0.6 is 11.8 Å². The highest BCUT2D eigenvalue weighted by Gasteiger charge is 2.19. The minimum atomic E-state index is -0.340. The van der Waals surface area contributed by atoms with Gasteiger partial charge in [-0.1, -0.05) is 43.8 Å². The Morgan fingerprint density at radius 3 is 2.75 bits per heavy atom. The van der Waals surface area contributed by atoms with Crippen molar-refractivity contribution in [3.63, 3.8) is 0 Å². The monoisotopic (exact) mass is 345 g/mol. The lowest BCUT2D eigenvalue weighted by Crippen LogP contribution is -2.34. The van der Waals surface area contributed by atoms with Crippen LogP contribution in [0.4, 0.5) is 0 Å². The molecule has 0 spiro atoms. The first-order valence-corrected chi connectivity index (χ1v) is 8.86. The topological polar surface area (TPSA) is 64.0 Å². The summed E-state index contributed by atoms with van der Waals surface area (Å²) in [7, 11) is 0. The first kappa shape index (κ1) is 18.3. The molecule has 2 rings (SSSR count). The highest BCUT2D eigenvalue weighted by molar-refractivity contribution is 8.00. The fourth-order valence-electron chi connectivity index (χ4n) is 2.19. The standard InChI is InChI=1S/C18H23N3O2S/c1-5-10-21-17(23)14-8-6-7-9-15(14)20-18(21)24-13(4)16(22)19-11-12(2)3/h5-9,12-13H,1,10-11H2,2-4H3,(H,19,22)/t13-/m1/s1. The van der Waals surface area contributed by atoms with Crippen molar-refractivity contribution in [2.24, 2.45) is 5.92 Å². The molecule has 1 aromatic carbocycles. The van der Waals surface area contributed by atoms with Crippen molar-refractivity contribution in [1.29, 1.82) is 0 Å². The van der Waals surface area contributed by atoms with Gasteiger partial charge >= 0.3 is 0 Å². The molecule has 1 amide bonds. The van der Waals surface area contributed by atoms with Crippen LogP contribution in [-0.2, 0) is 11.3 Å². The maximum Gasteiger partial charge on any atom is 0.262 e. The largest absolute Gasteiger partial charge is 0.355 e. The number of allylic oxidation sites excluding steroid dienone is 1. The van der Waals surface area contributed by atoms with Gasteiger partial charge in [0.05, 0.1) is 16.2 Å². The summed E-state index contributed by atoms with van der Waals surface area (Å²) < 4.78 is 1.56. The molecule has 0 unspecified atom stereocenters. The summed E-state index contributed by atoms with van der Waals surface area (Å²) in [5.74, 6) is 0.338. The van der Waals surface area contributed by atoms with Crippen molar-refractivity contribution in [2.75, 3.05) is 6.54 Å². The highest BCUT2D eigenvalue weighted by Crippen LogP contribution is 2.22. The molecule has 0 saturated carbocycles. The van der Waals surface area contributed by atoms with E-state index in [0.29, 0.717) is 35.1 Å². The van der Waals surface area contributed by atoms with Gasteiger partial charge in [0.15, 0.2) is 5.16 Å². The lowest BCUT2D eigenvalue weighted by Gasteiger charge is -2.16. The van der Waals surface area contributed by atoms with E-state index in [1.54, 1.807) is 16.7 Å². The predicted molar refractivity (Wildman–Crippen MR) is 99.4 cm³/mol. The molecule has 5 nitrogen and oxygen atoms in total. The Hall–Kier alpha value is -2.08. The fourth-order valence-corrected chi connectivity index (χ4v) is 3.13. The van der Waals surface area contributed by atoms with E-state index >= 15 is 0 Å². The van der Waals surface area contributed by atoms with Crippen molar-refractivity contribution < 1.29 is 4.79 Å². The Kier molecular flexibility index (Phi) is 6.20. The molecular weight excluding hydrogens is 322 g/mol. The highest BCUT2D eigenvalue weighted by atomic mass is 32.2. The van der Waals surface area contributed by atoms with E-state index in [1.165, 1.54) is 11.8 Å². The zero-order valence-corrected chi connectivity index (χ0v) is 15.1. The smallest absolute Gasteiger partial charge is 0.262 e. The predicted octanol–water partition coefficient (Wildman–Crippen LogP) is 2.84. The minimum absolute atomic E-state index is 0.0544. The van der Waals surface area contributed by atoms with E-state index in [4.69, 9.17) is 0 Å². The van der Waals surface area contributed by atoms with Crippen molar-refractivity contribution >= 4 is 28.6 Å². The van der Waals surface area contributed by atoms with Gasteiger partial charge in [0.25, 0.3) is 5.56 Å². The van der Waals surface area contributed by atoms with Crippen LogP contribution in [0, 0.1) is 5.92 Å². The number of thioether (sulfide) groups is 1. The number of hydrogen-bond donors (Lipinski definition) is 1. The van der Waals surface area contributed by atoms with Crippen LogP contribution in [0.5, 0.6) is 0 Å². The second kappa shape index (κ2) is 8.15. The van der Waals surface area contributed by atoms with E-state index in [2.05, 4.69) is 16.9 Å². The second-order valence-electron chi connectivity index (χ2n) is 6.02. The van der Waals surface area contributed by atoms with E-state index in [0.717, 1.165) is 0 Å². The van der Waals surface area contributed by atoms with Crippen molar-refractivity contribution in [1.82, 2.24) is 14.9 Å². The number of para-hydroxylation sites is 1. The Balaban J connectivity index is 2.33. The molecule has 1 atom stereocenters. The van der Waals surface area contributed by atoms with Crippen LogP contribution in [0.3, 0.4) is 0 Å². The molecule has 1 N–H and O–H groups in total. The Labute approximate surface area is 146 Å². The summed E-state index contributed by atoms with van der Waals surface area (Å²) in [6, 6.07) is 7.23. The normalized spacial score (nSPS) is 12.3. The third kappa shape index (κ3) is 4.26. The molecular formula is C18H23N3O2S. The summed E-state index contributed by atoms with van der Waals surface area (Å²) >= 11 is 1.29. The molecule has 0 aliphatic carbocycles. The number of nitrogens with one attached hydrogen (secondary N) is 1. The zero-order valence-electron chi connectivity index (χ0n) is 14.3. The van der Waals surface area contributed by atoms with Crippen molar-refractivity contribution in [2.45, 2.75) is 37.7 Å². The first-order chi connectivity index (χ1) is 11.4. The van der Waals surface area contributed by atoms with E-state index < -0.39 is 0 Å². The van der Waals surface area contributed by atoms with Crippen LogP contribution in [-0.4, -0.2) is 27.3 Å². The van der Waals surface area contributed by atoms with Gasteiger partial charge in [-0.3, -0.25) is 14.2 Å². The van der Waals surface area contributed by atoms with Gasteiger partial charge in [-0.25, -0.2) is 4.98 Å². The lowest BCUT2D eigenvalue weighted by molar-refractivity contribution is -0.120. The first-order valence-electron chi connectivity index (χ1n) is 7.99. The average Bonchev–Trinajstić information content (AvgIpc) is 2.56. The maximum atomic E-state index is 12.7. The molecule has 2 aromatic rings. The van der Waals surface area contributed by atoms with Gasteiger partial charge in [0, 0.05) is 13.1 Å². The summed E-state index contributed by atoms with van der Waals surface area (Å²) in [5, 5.41) is 3.67. The summed E-state index contributed by atoms with van der Waals surface area (Å²) in [4.78, 5) is 29.4. The van der Waals surface area contributed by atoms with Crippen molar-refractivity contribution in [3.8, 4) is 0 Å². The number of nitrogens with zero attached hydrogens (tertiary/aromatic N) is 2. The molecule has 0 radical (unpaired) electrons. The van der Waals surface area contributed by atoms with Gasteiger partial charge in [0.1, 0.15) is 0 Å². The van der Waals surface area contributed by atoms with E-state index in [1.807, 2.05) is 39.0 Å². The average molecular weight is 345 g/mol. The molecule has 1 aromatic heterocycles. The molecule has 128 valence electrons. The van der Waals surface area contributed by atoms with E-state index in [9.17, 15) is 9.59 Å². The quantitative estimate of drug-likeness (QED) is 0.476. The molecule has 24 heavy (non-hydrogen) atoms. The second-order valence-corrected chi connectivity index (χ2v) is 7.32. The maximum absolute atomic E-state index is 12.7. The fraction of sp³-hybridized carbons (Fsp3) is 0.389. The van der Waals surface area contributed by atoms with Crippen LogP contribution in [0.1, 0.15) is 20.8 Å². The number of hydrogen-bond acceptors (Lipinski definition) is 4. The summed E-state index contributed by atoms with van der Waals surface area (Å²) in [5.41, 5.74) is 0.526. The van der Waals surface area contributed by atoms with Crippen LogP contribution in [0.2, 0.25) is 0 Å². The number of carbonyl (C=O) groups is 1. The Morgan fingerprint density at radius 2 is 2.08 bits per heavy atom. The number of benzene rings is 1. The third-order valence-corrected chi connectivity index (χ3v) is 4.56. The number of carbonyl (C=O) groups excluding carboxylic acids is 1. The van der Waals surface area contributed by atoms with Gasteiger partial charge in [-0.05, 0) is 25.0 Å². The van der Waals surface area contributed by atoms with Gasteiger partial charge in [-0.2, -0.15) is 0 Å². The minimum Gasteiger partial charge on any atom is -0.355 e. The van der Waals surface area contributed by atoms with Gasteiger partial charge in [0.2, 0.25) is 5.91 Å². The molecule has 1 heterocycles. The molecule has 0 fully saturated rings. The van der Waals surface area contributed by atoms with E-state index in [-0.39, 0.29) is 16.7 Å². The lowest BCUT2D eigenvalue weighted by atomic mass is 10.2. The number of fused-ring (bicyclic) bond motifs is 1. The molecule has 0 saturated heterocycles. The van der Waals surface area contributed by atoms with Gasteiger partial charge < -0.3 is 5.32 Å². The van der Waals surface area contributed by atoms with Crippen LogP contribution in [0.25, 0.3) is 10.9 Å². The Bertz CT molecular complexity index is 798. The number of rotatable bonds is 7.